The highest BCUT2D eigenvalue weighted by Crippen LogP contribution is 2.33. The van der Waals surface area contributed by atoms with Crippen molar-refractivity contribution < 1.29 is 0 Å². The molecule has 1 aliphatic heterocycles. The molecular weight excluding hydrogens is 196 g/mol. The van der Waals surface area contributed by atoms with Crippen LogP contribution in [0.15, 0.2) is 24.5 Å². The minimum atomic E-state index is 0.629. The molecule has 2 atom stereocenters. The van der Waals surface area contributed by atoms with Crippen LogP contribution in [0, 0.1) is 0 Å². The van der Waals surface area contributed by atoms with Crippen molar-refractivity contribution >= 4 is 0 Å². The van der Waals surface area contributed by atoms with Gasteiger partial charge in [0.1, 0.15) is 0 Å². The Morgan fingerprint density at radius 2 is 2.19 bits per heavy atom. The van der Waals surface area contributed by atoms with Crippen LogP contribution >= 0.6 is 0 Å². The Labute approximate surface area is 98.7 Å². The van der Waals surface area contributed by atoms with Crippen molar-refractivity contribution in [3.8, 4) is 0 Å². The fourth-order valence-electron chi connectivity index (χ4n) is 2.84. The van der Waals surface area contributed by atoms with E-state index in [2.05, 4.69) is 35.9 Å². The van der Waals surface area contributed by atoms with Gasteiger partial charge in [0.15, 0.2) is 0 Å². The van der Waals surface area contributed by atoms with Gasteiger partial charge in [0.05, 0.1) is 0 Å². The molecule has 1 saturated heterocycles. The van der Waals surface area contributed by atoms with E-state index in [1.807, 2.05) is 12.4 Å². The van der Waals surface area contributed by atoms with Gasteiger partial charge in [-0.1, -0.05) is 13.3 Å². The molecule has 0 aromatic carbocycles. The molecular formula is C14H22N2. The number of likely N-dealkylation sites (tertiary alicyclic amines) is 1. The summed E-state index contributed by atoms with van der Waals surface area (Å²) < 4.78 is 0. The second kappa shape index (κ2) is 5.44. The first kappa shape index (κ1) is 11.6. The van der Waals surface area contributed by atoms with Gasteiger partial charge in [-0.15, -0.1) is 0 Å². The molecule has 1 fully saturated rings. The lowest BCUT2D eigenvalue weighted by Gasteiger charge is -2.30. The normalized spacial score (nSPS) is 23.5. The van der Waals surface area contributed by atoms with Crippen molar-refractivity contribution in [3.05, 3.63) is 30.1 Å². The maximum atomic E-state index is 4.10. The summed E-state index contributed by atoms with van der Waals surface area (Å²) in [5.41, 5.74) is 1.44. The maximum absolute atomic E-state index is 4.10. The second-order valence-electron chi connectivity index (χ2n) is 4.81. The van der Waals surface area contributed by atoms with Gasteiger partial charge in [-0.25, -0.2) is 0 Å². The third-order valence-corrected chi connectivity index (χ3v) is 3.66. The van der Waals surface area contributed by atoms with Crippen molar-refractivity contribution in [1.82, 2.24) is 9.88 Å². The van der Waals surface area contributed by atoms with E-state index in [1.54, 1.807) is 0 Å². The van der Waals surface area contributed by atoms with E-state index in [9.17, 15) is 0 Å². The third kappa shape index (κ3) is 2.43. The minimum Gasteiger partial charge on any atom is -0.294 e. The van der Waals surface area contributed by atoms with Gasteiger partial charge in [0.2, 0.25) is 0 Å². The quantitative estimate of drug-likeness (QED) is 0.770. The van der Waals surface area contributed by atoms with Gasteiger partial charge in [-0.2, -0.15) is 0 Å². The van der Waals surface area contributed by atoms with Crippen molar-refractivity contribution in [2.45, 2.75) is 51.6 Å². The standard InChI is InChI=1S/C14H22N2/c1-3-5-12(2)16-11-4-6-14(16)13-7-9-15-10-8-13/h7-10,12,14H,3-6,11H2,1-2H3. The Hall–Kier alpha value is -0.890. The van der Waals surface area contributed by atoms with Crippen LogP contribution in [-0.4, -0.2) is 22.5 Å². The molecule has 0 bridgehead atoms. The van der Waals surface area contributed by atoms with E-state index in [-0.39, 0.29) is 0 Å². The lowest BCUT2D eigenvalue weighted by Crippen LogP contribution is -2.32. The Morgan fingerprint density at radius 3 is 2.88 bits per heavy atom. The SMILES string of the molecule is CCCC(C)N1CCCC1c1ccncc1. The van der Waals surface area contributed by atoms with E-state index in [1.165, 1.54) is 37.8 Å². The summed E-state index contributed by atoms with van der Waals surface area (Å²) in [6.07, 6.45) is 9.05. The first-order valence-corrected chi connectivity index (χ1v) is 6.48. The molecule has 0 N–H and O–H groups in total. The zero-order valence-electron chi connectivity index (χ0n) is 10.4. The van der Waals surface area contributed by atoms with Crippen LogP contribution in [0.4, 0.5) is 0 Å². The monoisotopic (exact) mass is 218 g/mol. The van der Waals surface area contributed by atoms with Gasteiger partial charge < -0.3 is 0 Å². The Morgan fingerprint density at radius 1 is 1.44 bits per heavy atom. The van der Waals surface area contributed by atoms with Crippen molar-refractivity contribution in [3.63, 3.8) is 0 Å². The molecule has 2 unspecified atom stereocenters. The smallest absolute Gasteiger partial charge is 0.0352 e. The van der Waals surface area contributed by atoms with E-state index in [0.717, 1.165) is 0 Å². The molecule has 0 aliphatic carbocycles. The zero-order valence-corrected chi connectivity index (χ0v) is 10.4. The molecule has 16 heavy (non-hydrogen) atoms. The number of rotatable bonds is 4. The molecule has 0 amide bonds. The summed E-state index contributed by atoms with van der Waals surface area (Å²) in [4.78, 5) is 6.77. The van der Waals surface area contributed by atoms with Crippen molar-refractivity contribution in [1.29, 1.82) is 0 Å². The van der Waals surface area contributed by atoms with Gasteiger partial charge in [-0.05, 0) is 50.4 Å². The van der Waals surface area contributed by atoms with Crippen LogP contribution in [0.5, 0.6) is 0 Å². The zero-order chi connectivity index (χ0) is 11.4. The summed E-state index contributed by atoms with van der Waals surface area (Å²) in [6.45, 7) is 5.89. The Kier molecular flexibility index (Phi) is 3.94. The topological polar surface area (TPSA) is 16.1 Å². The lowest BCUT2D eigenvalue weighted by atomic mass is 10.0. The summed E-state index contributed by atoms with van der Waals surface area (Å²) in [5.74, 6) is 0. The lowest BCUT2D eigenvalue weighted by molar-refractivity contribution is 0.183. The van der Waals surface area contributed by atoms with E-state index in [4.69, 9.17) is 0 Å². The van der Waals surface area contributed by atoms with E-state index < -0.39 is 0 Å². The first-order chi connectivity index (χ1) is 7.83. The summed E-state index contributed by atoms with van der Waals surface area (Å²) in [6, 6.07) is 5.68. The van der Waals surface area contributed by atoms with E-state index >= 15 is 0 Å². The molecule has 2 nitrogen and oxygen atoms in total. The fraction of sp³-hybridized carbons (Fsp3) is 0.643. The average Bonchev–Trinajstić information content (AvgIpc) is 2.79. The number of pyridine rings is 1. The van der Waals surface area contributed by atoms with Gasteiger partial charge >= 0.3 is 0 Å². The summed E-state index contributed by atoms with van der Waals surface area (Å²) in [5, 5.41) is 0. The predicted octanol–water partition coefficient (Wildman–Crippen LogP) is 3.41. The van der Waals surface area contributed by atoms with Crippen LogP contribution in [0.2, 0.25) is 0 Å². The van der Waals surface area contributed by atoms with Gasteiger partial charge in [0.25, 0.3) is 0 Å². The molecule has 0 radical (unpaired) electrons. The molecule has 88 valence electrons. The molecule has 1 aromatic rings. The maximum Gasteiger partial charge on any atom is 0.0352 e. The van der Waals surface area contributed by atoms with Crippen molar-refractivity contribution in [2.24, 2.45) is 0 Å². The minimum absolute atomic E-state index is 0.629. The molecule has 0 saturated carbocycles. The number of hydrogen-bond acceptors (Lipinski definition) is 2. The highest BCUT2D eigenvalue weighted by atomic mass is 15.2. The number of aromatic nitrogens is 1. The second-order valence-corrected chi connectivity index (χ2v) is 4.81. The summed E-state index contributed by atoms with van der Waals surface area (Å²) in [7, 11) is 0. The summed E-state index contributed by atoms with van der Waals surface area (Å²) >= 11 is 0. The molecule has 0 spiro atoms. The largest absolute Gasteiger partial charge is 0.294 e. The van der Waals surface area contributed by atoms with Crippen LogP contribution in [0.25, 0.3) is 0 Å². The average molecular weight is 218 g/mol. The van der Waals surface area contributed by atoms with Crippen molar-refractivity contribution in [2.75, 3.05) is 6.54 Å². The Balaban J connectivity index is 2.09. The Bertz CT molecular complexity index is 310. The predicted molar refractivity (Wildman–Crippen MR) is 67.3 cm³/mol. The molecule has 2 rings (SSSR count). The van der Waals surface area contributed by atoms with Gasteiger partial charge in [0, 0.05) is 24.5 Å². The van der Waals surface area contributed by atoms with Gasteiger partial charge in [-0.3, -0.25) is 9.88 Å². The molecule has 2 heteroatoms. The fourth-order valence-corrected chi connectivity index (χ4v) is 2.84. The highest BCUT2D eigenvalue weighted by molar-refractivity contribution is 5.16. The highest BCUT2D eigenvalue weighted by Gasteiger charge is 2.28. The third-order valence-electron chi connectivity index (χ3n) is 3.66. The number of hydrogen-bond donors (Lipinski definition) is 0. The van der Waals surface area contributed by atoms with Crippen LogP contribution in [-0.2, 0) is 0 Å². The first-order valence-electron chi connectivity index (χ1n) is 6.48. The van der Waals surface area contributed by atoms with Crippen LogP contribution < -0.4 is 0 Å². The van der Waals surface area contributed by atoms with E-state index in [0.29, 0.717) is 12.1 Å². The molecule has 2 heterocycles. The number of nitrogens with zero attached hydrogens (tertiary/aromatic N) is 2. The molecule has 1 aliphatic rings. The van der Waals surface area contributed by atoms with Crippen LogP contribution in [0.3, 0.4) is 0 Å². The molecule has 1 aromatic heterocycles. The van der Waals surface area contributed by atoms with Crippen LogP contribution in [0.1, 0.15) is 51.1 Å².